The number of nitrogens with one attached hydrogen (secondary N) is 1. The Hall–Kier alpha value is -1.36. The molecular formula is C15H20BrNO3. The zero-order chi connectivity index (χ0) is 15.3. The van der Waals surface area contributed by atoms with E-state index in [1.807, 2.05) is 24.3 Å². The van der Waals surface area contributed by atoms with Crippen molar-refractivity contribution in [3.05, 3.63) is 34.3 Å². The summed E-state index contributed by atoms with van der Waals surface area (Å²) < 4.78 is 6.13. The molecular weight excluding hydrogens is 322 g/mol. The minimum Gasteiger partial charge on any atom is -0.458 e. The first-order valence-corrected chi connectivity index (χ1v) is 7.23. The lowest BCUT2D eigenvalue weighted by Crippen LogP contribution is -2.42. The van der Waals surface area contributed by atoms with Crippen LogP contribution in [0.4, 0.5) is 0 Å². The van der Waals surface area contributed by atoms with Crippen LogP contribution in [0.3, 0.4) is 0 Å². The van der Waals surface area contributed by atoms with Gasteiger partial charge in [-0.05, 0) is 45.4 Å². The summed E-state index contributed by atoms with van der Waals surface area (Å²) in [6.07, 6.45) is 0.229. The number of esters is 1. The number of amides is 1. The van der Waals surface area contributed by atoms with Gasteiger partial charge >= 0.3 is 5.97 Å². The maximum Gasteiger partial charge on any atom is 0.328 e. The van der Waals surface area contributed by atoms with Crippen molar-refractivity contribution < 1.29 is 14.3 Å². The number of hydrogen-bond acceptors (Lipinski definition) is 3. The maximum atomic E-state index is 11.9. The molecule has 1 N–H and O–H groups in total. The first kappa shape index (κ1) is 16.7. The van der Waals surface area contributed by atoms with E-state index in [9.17, 15) is 9.59 Å². The number of hydrogen-bond donors (Lipinski definition) is 1. The van der Waals surface area contributed by atoms with E-state index in [1.165, 1.54) is 0 Å². The van der Waals surface area contributed by atoms with Gasteiger partial charge in [-0.1, -0.05) is 28.1 Å². The van der Waals surface area contributed by atoms with E-state index in [0.717, 1.165) is 10.0 Å². The molecule has 0 aliphatic heterocycles. The molecule has 0 heterocycles. The SMILES string of the molecule is C[C@@H](NC(=O)Cc1cccc(Br)c1)C(=O)OC(C)(C)C. The van der Waals surface area contributed by atoms with Crippen LogP contribution < -0.4 is 5.32 Å². The topological polar surface area (TPSA) is 55.4 Å². The summed E-state index contributed by atoms with van der Waals surface area (Å²) in [4.78, 5) is 23.6. The van der Waals surface area contributed by atoms with Crippen LogP contribution in [0.1, 0.15) is 33.3 Å². The Labute approximate surface area is 128 Å². The van der Waals surface area contributed by atoms with Crippen molar-refractivity contribution in [2.75, 3.05) is 0 Å². The average molecular weight is 342 g/mol. The second-order valence-corrected chi connectivity index (χ2v) is 6.55. The molecule has 20 heavy (non-hydrogen) atoms. The Morgan fingerprint density at radius 1 is 1.35 bits per heavy atom. The highest BCUT2D eigenvalue weighted by molar-refractivity contribution is 9.10. The molecule has 4 nitrogen and oxygen atoms in total. The summed E-state index contributed by atoms with van der Waals surface area (Å²) in [5.74, 6) is -0.637. The number of halogens is 1. The van der Waals surface area contributed by atoms with Crippen LogP contribution in [0.5, 0.6) is 0 Å². The Morgan fingerprint density at radius 3 is 2.55 bits per heavy atom. The molecule has 1 aromatic rings. The third-order valence-corrected chi connectivity index (χ3v) is 2.88. The van der Waals surface area contributed by atoms with Gasteiger partial charge < -0.3 is 10.1 Å². The smallest absolute Gasteiger partial charge is 0.328 e. The van der Waals surface area contributed by atoms with Crippen LogP contribution in [0.15, 0.2) is 28.7 Å². The molecule has 5 heteroatoms. The second kappa shape index (κ2) is 6.88. The Kier molecular flexibility index (Phi) is 5.74. The van der Waals surface area contributed by atoms with Crippen LogP contribution in [-0.4, -0.2) is 23.5 Å². The largest absolute Gasteiger partial charge is 0.458 e. The molecule has 0 bridgehead atoms. The van der Waals surface area contributed by atoms with E-state index in [1.54, 1.807) is 27.7 Å². The summed E-state index contributed by atoms with van der Waals surface area (Å²) in [5.41, 5.74) is 0.327. The molecule has 1 atom stereocenters. The maximum absolute atomic E-state index is 11.9. The predicted molar refractivity (Wildman–Crippen MR) is 81.3 cm³/mol. The first-order valence-electron chi connectivity index (χ1n) is 6.44. The lowest BCUT2D eigenvalue weighted by Gasteiger charge is -2.22. The van der Waals surface area contributed by atoms with E-state index in [0.29, 0.717) is 0 Å². The second-order valence-electron chi connectivity index (χ2n) is 5.63. The highest BCUT2D eigenvalue weighted by Crippen LogP contribution is 2.12. The fourth-order valence-corrected chi connectivity index (χ4v) is 2.02. The molecule has 1 rings (SSSR count). The van der Waals surface area contributed by atoms with Crippen molar-refractivity contribution in [2.24, 2.45) is 0 Å². The van der Waals surface area contributed by atoms with Gasteiger partial charge in [0.15, 0.2) is 0 Å². The molecule has 0 aliphatic carbocycles. The summed E-state index contributed by atoms with van der Waals surface area (Å²) in [5, 5.41) is 2.64. The minimum atomic E-state index is -0.658. The number of rotatable bonds is 4. The molecule has 1 amide bonds. The highest BCUT2D eigenvalue weighted by Gasteiger charge is 2.22. The standard InChI is InChI=1S/C15H20BrNO3/c1-10(14(19)20-15(2,3)4)17-13(18)9-11-6-5-7-12(16)8-11/h5-8,10H,9H2,1-4H3,(H,17,18)/t10-/m1/s1. The van der Waals surface area contributed by atoms with E-state index >= 15 is 0 Å². The number of carbonyl (C=O) groups excluding carboxylic acids is 2. The van der Waals surface area contributed by atoms with Gasteiger partial charge in [-0.2, -0.15) is 0 Å². The van der Waals surface area contributed by atoms with Gasteiger partial charge in [0.2, 0.25) is 5.91 Å². The van der Waals surface area contributed by atoms with Crippen molar-refractivity contribution >= 4 is 27.8 Å². The van der Waals surface area contributed by atoms with Crippen molar-refractivity contribution in [3.63, 3.8) is 0 Å². The molecule has 1 aromatic carbocycles. The number of ether oxygens (including phenoxy) is 1. The average Bonchev–Trinajstić information content (AvgIpc) is 2.26. The third-order valence-electron chi connectivity index (χ3n) is 2.39. The number of carbonyl (C=O) groups is 2. The normalized spacial score (nSPS) is 12.7. The van der Waals surface area contributed by atoms with E-state index in [2.05, 4.69) is 21.2 Å². The molecule has 0 spiro atoms. The Balaban J connectivity index is 2.52. The van der Waals surface area contributed by atoms with Gasteiger partial charge in [0.25, 0.3) is 0 Å². The fraction of sp³-hybridized carbons (Fsp3) is 0.467. The zero-order valence-corrected chi connectivity index (χ0v) is 13.8. The van der Waals surface area contributed by atoms with Gasteiger partial charge in [0, 0.05) is 4.47 Å². The fourth-order valence-electron chi connectivity index (χ4n) is 1.57. The third kappa shape index (κ3) is 6.19. The zero-order valence-electron chi connectivity index (χ0n) is 12.2. The predicted octanol–water partition coefficient (Wildman–Crippen LogP) is 2.84. The van der Waals surface area contributed by atoms with E-state index in [4.69, 9.17) is 4.74 Å². The molecule has 0 saturated carbocycles. The Morgan fingerprint density at radius 2 is 2.00 bits per heavy atom. The Bertz CT molecular complexity index is 494. The van der Waals surface area contributed by atoms with Gasteiger partial charge in [-0.15, -0.1) is 0 Å². The van der Waals surface area contributed by atoms with Crippen LogP contribution >= 0.6 is 15.9 Å². The van der Waals surface area contributed by atoms with Crippen molar-refractivity contribution in [2.45, 2.75) is 45.8 Å². The van der Waals surface area contributed by atoms with Crippen molar-refractivity contribution in [1.82, 2.24) is 5.32 Å². The van der Waals surface area contributed by atoms with Crippen molar-refractivity contribution in [1.29, 1.82) is 0 Å². The van der Waals surface area contributed by atoms with Gasteiger partial charge in [-0.3, -0.25) is 4.79 Å². The lowest BCUT2D eigenvalue weighted by atomic mass is 10.1. The van der Waals surface area contributed by atoms with Gasteiger partial charge in [0.1, 0.15) is 11.6 Å². The first-order chi connectivity index (χ1) is 9.17. The molecule has 0 saturated heterocycles. The molecule has 0 fully saturated rings. The quantitative estimate of drug-likeness (QED) is 0.856. The summed E-state index contributed by atoms with van der Waals surface area (Å²) in [6.45, 7) is 7.00. The van der Waals surface area contributed by atoms with Gasteiger partial charge in [0.05, 0.1) is 6.42 Å². The summed E-state index contributed by atoms with van der Waals surface area (Å²) in [7, 11) is 0. The van der Waals surface area contributed by atoms with Crippen LogP contribution in [0.2, 0.25) is 0 Å². The van der Waals surface area contributed by atoms with Crippen LogP contribution in [-0.2, 0) is 20.7 Å². The lowest BCUT2D eigenvalue weighted by molar-refractivity contribution is -0.158. The van der Waals surface area contributed by atoms with E-state index in [-0.39, 0.29) is 12.3 Å². The van der Waals surface area contributed by atoms with E-state index < -0.39 is 17.6 Å². The summed E-state index contributed by atoms with van der Waals surface area (Å²) in [6, 6.07) is 6.84. The molecule has 0 unspecified atom stereocenters. The molecule has 110 valence electrons. The highest BCUT2D eigenvalue weighted by atomic mass is 79.9. The minimum absolute atomic E-state index is 0.207. The monoisotopic (exact) mass is 341 g/mol. The van der Waals surface area contributed by atoms with Crippen molar-refractivity contribution in [3.8, 4) is 0 Å². The van der Waals surface area contributed by atoms with Crippen LogP contribution in [0, 0.1) is 0 Å². The van der Waals surface area contributed by atoms with Crippen LogP contribution in [0.25, 0.3) is 0 Å². The number of benzene rings is 1. The molecule has 0 radical (unpaired) electrons. The molecule has 0 aliphatic rings. The molecule has 0 aromatic heterocycles. The summed E-state index contributed by atoms with van der Waals surface area (Å²) >= 11 is 3.35. The van der Waals surface area contributed by atoms with Gasteiger partial charge in [-0.25, -0.2) is 4.79 Å².